The molecule has 2 N–H and O–H groups in total. The van der Waals surface area contributed by atoms with Gasteiger partial charge in [-0.3, -0.25) is 9.59 Å². The summed E-state index contributed by atoms with van der Waals surface area (Å²) in [6.07, 6.45) is 17.9. The number of rotatable bonds is 18. The van der Waals surface area contributed by atoms with Gasteiger partial charge in [-0.05, 0) is 25.1 Å². The summed E-state index contributed by atoms with van der Waals surface area (Å²) in [5.41, 5.74) is 0. The van der Waals surface area contributed by atoms with Crippen LogP contribution in [0, 0.1) is 0 Å². The van der Waals surface area contributed by atoms with Crippen LogP contribution in [0.3, 0.4) is 0 Å². The molecule has 0 atom stereocenters. The Bertz CT molecular complexity index is 354. The first-order valence-electron chi connectivity index (χ1n) is 10.4. The van der Waals surface area contributed by atoms with Gasteiger partial charge in [-0.2, -0.15) is 0 Å². The normalized spacial score (nSPS) is 11.0. The van der Waals surface area contributed by atoms with Gasteiger partial charge in [0.15, 0.2) is 5.78 Å². The molecule has 25 heavy (non-hydrogen) atoms. The first-order valence-corrected chi connectivity index (χ1v) is 10.4. The minimum Gasteiger partial charge on any atom is -0.391 e. The zero-order valence-corrected chi connectivity index (χ0v) is 16.6. The topological polar surface area (TPSA) is 58.2 Å². The molecule has 0 bridgehead atoms. The smallest absolute Gasteiger partial charge is 0.227 e. The van der Waals surface area contributed by atoms with E-state index < -0.39 is 0 Å². The summed E-state index contributed by atoms with van der Waals surface area (Å²) in [7, 11) is 0. The molecule has 0 aliphatic rings. The zero-order chi connectivity index (χ0) is 18.6. The van der Waals surface area contributed by atoms with E-state index in [1.54, 1.807) is 6.20 Å². The minimum atomic E-state index is -0.167. The fourth-order valence-electron chi connectivity index (χ4n) is 2.66. The van der Waals surface area contributed by atoms with Gasteiger partial charge in [0.25, 0.3) is 0 Å². The number of allylic oxidation sites excluding steroid dienone is 1. The molecular formula is C21H40N2O2. The Labute approximate surface area is 155 Å². The van der Waals surface area contributed by atoms with E-state index in [-0.39, 0.29) is 18.1 Å². The summed E-state index contributed by atoms with van der Waals surface area (Å²) >= 11 is 0. The average molecular weight is 353 g/mol. The van der Waals surface area contributed by atoms with E-state index >= 15 is 0 Å². The molecule has 0 aliphatic heterocycles. The van der Waals surface area contributed by atoms with Crippen LogP contribution < -0.4 is 10.6 Å². The minimum absolute atomic E-state index is 0.0506. The Kier molecular flexibility index (Phi) is 18.0. The van der Waals surface area contributed by atoms with Crippen molar-refractivity contribution in [1.29, 1.82) is 0 Å². The maximum atomic E-state index is 11.7. The molecule has 0 unspecified atom stereocenters. The highest BCUT2D eigenvalue weighted by Crippen LogP contribution is 2.04. The number of unbranched alkanes of at least 4 members (excludes halogenated alkanes) is 10. The Morgan fingerprint density at radius 3 is 1.84 bits per heavy atom. The van der Waals surface area contributed by atoms with Crippen LogP contribution in [0.1, 0.15) is 97.3 Å². The van der Waals surface area contributed by atoms with Crippen LogP contribution in [-0.2, 0) is 9.59 Å². The van der Waals surface area contributed by atoms with Crippen LogP contribution in [0.2, 0.25) is 0 Å². The van der Waals surface area contributed by atoms with Gasteiger partial charge in [0.05, 0.1) is 6.42 Å². The lowest BCUT2D eigenvalue weighted by Gasteiger charge is -2.04. The van der Waals surface area contributed by atoms with E-state index in [9.17, 15) is 9.59 Å². The van der Waals surface area contributed by atoms with Gasteiger partial charge in [0, 0.05) is 13.1 Å². The van der Waals surface area contributed by atoms with E-state index in [0.717, 1.165) is 25.8 Å². The zero-order valence-electron chi connectivity index (χ0n) is 16.6. The van der Waals surface area contributed by atoms with Crippen molar-refractivity contribution in [3.05, 3.63) is 12.3 Å². The second-order valence-electron chi connectivity index (χ2n) is 6.82. The molecule has 0 aromatic carbocycles. The van der Waals surface area contributed by atoms with Gasteiger partial charge in [0.2, 0.25) is 5.91 Å². The summed E-state index contributed by atoms with van der Waals surface area (Å²) < 4.78 is 0. The van der Waals surface area contributed by atoms with E-state index in [1.165, 1.54) is 63.9 Å². The van der Waals surface area contributed by atoms with Crippen LogP contribution in [-0.4, -0.2) is 24.8 Å². The molecule has 0 fully saturated rings. The predicted molar refractivity (Wildman–Crippen MR) is 107 cm³/mol. The number of hydrogen-bond acceptors (Lipinski definition) is 3. The van der Waals surface area contributed by atoms with Crippen LogP contribution in [0.4, 0.5) is 0 Å². The lowest BCUT2D eigenvalue weighted by Crippen LogP contribution is -2.26. The van der Waals surface area contributed by atoms with Crippen LogP contribution in [0.25, 0.3) is 0 Å². The first kappa shape index (κ1) is 23.7. The molecule has 0 aromatic heterocycles. The number of carbonyl (C=O) groups excluding carboxylic acids is 2. The molecule has 0 rings (SSSR count). The number of carbonyl (C=O) groups is 2. The van der Waals surface area contributed by atoms with Crippen molar-refractivity contribution in [1.82, 2.24) is 10.6 Å². The second-order valence-corrected chi connectivity index (χ2v) is 6.82. The molecule has 1 amide bonds. The monoisotopic (exact) mass is 352 g/mol. The summed E-state index contributed by atoms with van der Waals surface area (Å²) in [6.45, 7) is 5.99. The molecule has 0 aliphatic carbocycles. The van der Waals surface area contributed by atoms with E-state index in [2.05, 4.69) is 24.5 Å². The summed E-state index contributed by atoms with van der Waals surface area (Å²) in [5, 5.41) is 5.95. The molecule has 0 aromatic rings. The molecule has 0 saturated carbocycles. The molecular weight excluding hydrogens is 312 g/mol. The van der Waals surface area contributed by atoms with Crippen molar-refractivity contribution in [2.75, 3.05) is 13.1 Å². The maximum absolute atomic E-state index is 11.7. The van der Waals surface area contributed by atoms with Crippen molar-refractivity contribution >= 4 is 11.7 Å². The number of amides is 1. The maximum Gasteiger partial charge on any atom is 0.227 e. The van der Waals surface area contributed by atoms with Gasteiger partial charge in [-0.25, -0.2) is 0 Å². The number of nitrogens with one attached hydrogen (secondary N) is 2. The molecule has 146 valence electrons. The average Bonchev–Trinajstić information content (AvgIpc) is 2.59. The summed E-state index contributed by atoms with van der Waals surface area (Å²) in [4.78, 5) is 23.3. The van der Waals surface area contributed by atoms with Gasteiger partial charge < -0.3 is 10.6 Å². The third-order valence-corrected chi connectivity index (χ3v) is 4.25. The van der Waals surface area contributed by atoms with Gasteiger partial charge in [0.1, 0.15) is 0 Å². The van der Waals surface area contributed by atoms with Crippen molar-refractivity contribution < 1.29 is 9.59 Å². The fourth-order valence-corrected chi connectivity index (χ4v) is 2.66. The summed E-state index contributed by atoms with van der Waals surface area (Å²) in [6, 6.07) is 0. The van der Waals surface area contributed by atoms with Crippen molar-refractivity contribution in [2.45, 2.75) is 97.3 Å². The summed E-state index contributed by atoms with van der Waals surface area (Å²) in [5.74, 6) is -0.310. The molecule has 0 heterocycles. The third kappa shape index (κ3) is 18.9. The lowest BCUT2D eigenvalue weighted by molar-refractivity contribution is -0.126. The highest BCUT2D eigenvalue weighted by atomic mass is 16.2. The Morgan fingerprint density at radius 1 is 0.720 bits per heavy atom. The highest BCUT2D eigenvalue weighted by Gasteiger charge is 2.05. The molecule has 0 spiro atoms. The Hall–Kier alpha value is -1.32. The fraction of sp³-hybridized carbons (Fsp3) is 0.810. The van der Waals surface area contributed by atoms with Crippen LogP contribution in [0.5, 0.6) is 0 Å². The lowest BCUT2D eigenvalue weighted by atomic mass is 10.1. The predicted octanol–water partition coefficient (Wildman–Crippen LogP) is 4.89. The third-order valence-electron chi connectivity index (χ3n) is 4.25. The van der Waals surface area contributed by atoms with E-state index in [0.29, 0.717) is 6.54 Å². The number of ketones is 1. The van der Waals surface area contributed by atoms with E-state index in [1.807, 2.05) is 0 Å². The second kappa shape index (κ2) is 19.0. The molecule has 0 saturated heterocycles. The SMILES string of the molecule is CCCCCCCCN/C=C\C(=O)CC(=O)NCCCCCCCC. The Balaban J connectivity index is 3.46. The van der Waals surface area contributed by atoms with Crippen molar-refractivity contribution in [3.63, 3.8) is 0 Å². The van der Waals surface area contributed by atoms with Gasteiger partial charge >= 0.3 is 0 Å². The molecule has 4 heteroatoms. The van der Waals surface area contributed by atoms with Gasteiger partial charge in [-0.1, -0.05) is 78.1 Å². The molecule has 4 nitrogen and oxygen atoms in total. The van der Waals surface area contributed by atoms with Crippen molar-refractivity contribution in [3.8, 4) is 0 Å². The standard InChI is InChI=1S/C21H40N2O2/c1-3-5-7-9-11-13-16-22-18-15-20(24)19-21(25)23-17-14-12-10-8-6-4-2/h15,18,22H,3-14,16-17,19H2,1-2H3,(H,23,25)/b18-15-. The molecule has 0 radical (unpaired) electrons. The van der Waals surface area contributed by atoms with Crippen LogP contribution in [0.15, 0.2) is 12.3 Å². The van der Waals surface area contributed by atoms with Gasteiger partial charge in [-0.15, -0.1) is 0 Å². The quantitative estimate of drug-likeness (QED) is 0.210. The van der Waals surface area contributed by atoms with Crippen LogP contribution >= 0.6 is 0 Å². The van der Waals surface area contributed by atoms with E-state index in [4.69, 9.17) is 0 Å². The largest absolute Gasteiger partial charge is 0.391 e. The highest BCUT2D eigenvalue weighted by molar-refractivity contribution is 6.03. The number of hydrogen-bond donors (Lipinski definition) is 2. The Morgan fingerprint density at radius 2 is 1.24 bits per heavy atom. The first-order chi connectivity index (χ1) is 12.2. The van der Waals surface area contributed by atoms with Crippen molar-refractivity contribution in [2.24, 2.45) is 0 Å².